The first kappa shape index (κ1) is 16.2. The number of hydrogen-bond donors (Lipinski definition) is 1. The molecule has 4 rings (SSSR count). The zero-order valence-corrected chi connectivity index (χ0v) is 14.3. The van der Waals surface area contributed by atoms with E-state index in [0.29, 0.717) is 42.2 Å². The first-order valence-corrected chi connectivity index (χ1v) is 8.41. The number of β-amino-alcohol motifs (C(OH)–C–C–N with tert-alkyl or cyclic N) is 1. The number of anilines is 1. The van der Waals surface area contributed by atoms with Crippen LogP contribution in [0.15, 0.2) is 41.2 Å². The van der Waals surface area contributed by atoms with Crippen LogP contribution >= 0.6 is 0 Å². The van der Waals surface area contributed by atoms with Gasteiger partial charge in [0.2, 0.25) is 0 Å². The molecule has 0 spiro atoms. The predicted octanol–water partition coefficient (Wildman–Crippen LogP) is 1.53. The molecule has 1 fully saturated rings. The largest absolute Gasteiger partial charge is 0.391 e. The van der Waals surface area contributed by atoms with Gasteiger partial charge in [-0.05, 0) is 43.7 Å². The molecule has 0 bridgehead atoms. The lowest BCUT2D eigenvalue weighted by Crippen LogP contribution is -2.29. The van der Waals surface area contributed by atoms with Gasteiger partial charge in [0, 0.05) is 18.8 Å². The summed E-state index contributed by atoms with van der Waals surface area (Å²) < 4.78 is 1.43. The van der Waals surface area contributed by atoms with E-state index >= 15 is 0 Å². The Hall–Kier alpha value is -3.24. The van der Waals surface area contributed by atoms with Gasteiger partial charge in [-0.25, -0.2) is 14.3 Å². The minimum absolute atomic E-state index is 0.417. The van der Waals surface area contributed by atoms with Crippen LogP contribution in [-0.4, -0.2) is 38.8 Å². The number of nitrogens with zero attached hydrogens (tertiary/aromatic N) is 5. The number of aromatic nitrogens is 3. The Bertz CT molecular complexity index is 1100. The van der Waals surface area contributed by atoms with Gasteiger partial charge in [0.25, 0.3) is 0 Å². The molecule has 0 radical (unpaired) electrons. The Kier molecular flexibility index (Phi) is 3.90. The highest BCUT2D eigenvalue weighted by Gasteiger charge is 2.25. The van der Waals surface area contributed by atoms with Crippen LogP contribution in [0.5, 0.6) is 0 Å². The van der Waals surface area contributed by atoms with Crippen LogP contribution in [0.4, 0.5) is 5.82 Å². The van der Waals surface area contributed by atoms with Crippen molar-refractivity contribution in [3.8, 4) is 11.8 Å². The highest BCUT2D eigenvalue weighted by atomic mass is 16.3. The summed E-state index contributed by atoms with van der Waals surface area (Å²) in [6.45, 7) is 2.95. The lowest BCUT2D eigenvalue weighted by molar-refractivity contribution is 0.198. The smallest absolute Gasteiger partial charge is 0.355 e. The fraction of sp³-hybridized carbons (Fsp3) is 0.263. The summed E-state index contributed by atoms with van der Waals surface area (Å²) in [6, 6.07) is 12.7. The Morgan fingerprint density at radius 1 is 1.27 bits per heavy atom. The molecule has 1 aliphatic heterocycles. The van der Waals surface area contributed by atoms with Gasteiger partial charge >= 0.3 is 5.69 Å². The zero-order chi connectivity index (χ0) is 18.3. The monoisotopic (exact) mass is 347 g/mol. The molecule has 1 aromatic carbocycles. The minimum atomic E-state index is -0.456. The van der Waals surface area contributed by atoms with Crippen molar-refractivity contribution < 1.29 is 5.11 Å². The highest BCUT2D eigenvalue weighted by molar-refractivity contribution is 5.88. The molecular formula is C19H17N5O2. The van der Waals surface area contributed by atoms with E-state index in [0.717, 1.165) is 11.1 Å². The van der Waals surface area contributed by atoms with Gasteiger partial charge in [0.15, 0.2) is 5.65 Å². The number of benzene rings is 1. The van der Waals surface area contributed by atoms with Crippen LogP contribution in [0.1, 0.15) is 17.7 Å². The number of aryl methyl sites for hydroxylation is 1. The SMILES string of the molecule is Cc1ccc2c(N3CC[C@H](O)C3)nc(=O)n(-c3cccc(C#N)c3)c2n1. The molecule has 1 N–H and O–H groups in total. The highest BCUT2D eigenvalue weighted by Crippen LogP contribution is 2.27. The Balaban J connectivity index is 2.00. The van der Waals surface area contributed by atoms with Gasteiger partial charge in [-0.2, -0.15) is 10.2 Å². The number of aliphatic hydroxyl groups is 1. The van der Waals surface area contributed by atoms with Gasteiger partial charge in [-0.3, -0.25) is 0 Å². The summed E-state index contributed by atoms with van der Waals surface area (Å²) in [5.74, 6) is 0.543. The second kappa shape index (κ2) is 6.24. The Morgan fingerprint density at radius 2 is 2.12 bits per heavy atom. The first-order valence-electron chi connectivity index (χ1n) is 8.41. The van der Waals surface area contributed by atoms with Crippen LogP contribution in [-0.2, 0) is 0 Å². The van der Waals surface area contributed by atoms with Crippen LogP contribution in [0.3, 0.4) is 0 Å². The van der Waals surface area contributed by atoms with E-state index in [-0.39, 0.29) is 0 Å². The molecule has 7 nitrogen and oxygen atoms in total. The van der Waals surface area contributed by atoms with Crippen molar-refractivity contribution in [3.05, 3.63) is 58.1 Å². The third-order valence-electron chi connectivity index (χ3n) is 4.56. The first-order chi connectivity index (χ1) is 12.6. The van der Waals surface area contributed by atoms with Crippen molar-refractivity contribution in [2.75, 3.05) is 18.0 Å². The number of fused-ring (bicyclic) bond motifs is 1. The lowest BCUT2D eigenvalue weighted by Gasteiger charge is -2.20. The third kappa shape index (κ3) is 2.70. The third-order valence-corrected chi connectivity index (χ3v) is 4.56. The van der Waals surface area contributed by atoms with Crippen LogP contribution in [0, 0.1) is 18.3 Å². The van der Waals surface area contributed by atoms with Crippen molar-refractivity contribution in [2.45, 2.75) is 19.4 Å². The van der Waals surface area contributed by atoms with E-state index < -0.39 is 11.8 Å². The van der Waals surface area contributed by atoms with Crippen molar-refractivity contribution in [2.24, 2.45) is 0 Å². The molecule has 0 saturated carbocycles. The van der Waals surface area contributed by atoms with Crippen molar-refractivity contribution in [1.29, 1.82) is 5.26 Å². The average Bonchev–Trinajstić information content (AvgIpc) is 3.07. The zero-order valence-electron chi connectivity index (χ0n) is 14.3. The van der Waals surface area contributed by atoms with Gasteiger partial charge in [0.1, 0.15) is 5.82 Å². The molecule has 7 heteroatoms. The number of rotatable bonds is 2. The molecule has 26 heavy (non-hydrogen) atoms. The number of hydrogen-bond acceptors (Lipinski definition) is 6. The molecule has 3 heterocycles. The minimum Gasteiger partial charge on any atom is -0.391 e. The van der Waals surface area contributed by atoms with Crippen molar-refractivity contribution in [1.82, 2.24) is 14.5 Å². The molecule has 0 aliphatic carbocycles. The maximum absolute atomic E-state index is 12.8. The molecule has 1 atom stereocenters. The standard InChI is InChI=1S/C19H17N5O2/c1-12-5-6-16-17(23-8-7-15(25)11-23)22-19(26)24(18(16)21-12)14-4-2-3-13(9-14)10-20/h2-6,9,15,25H,7-8,11H2,1H3/t15-/m0/s1. The summed E-state index contributed by atoms with van der Waals surface area (Å²) in [7, 11) is 0. The van der Waals surface area contributed by atoms with E-state index in [4.69, 9.17) is 5.26 Å². The number of nitriles is 1. The van der Waals surface area contributed by atoms with E-state index in [1.807, 2.05) is 24.0 Å². The van der Waals surface area contributed by atoms with Gasteiger partial charge in [-0.1, -0.05) is 6.07 Å². The lowest BCUT2D eigenvalue weighted by atomic mass is 10.2. The van der Waals surface area contributed by atoms with Crippen LogP contribution < -0.4 is 10.6 Å². The maximum Gasteiger partial charge on any atom is 0.355 e. The second-order valence-corrected chi connectivity index (χ2v) is 6.43. The number of aliphatic hydroxyl groups excluding tert-OH is 1. The fourth-order valence-corrected chi connectivity index (χ4v) is 3.30. The van der Waals surface area contributed by atoms with E-state index in [1.165, 1.54) is 4.57 Å². The Labute approximate surface area is 149 Å². The summed E-state index contributed by atoms with van der Waals surface area (Å²) in [4.78, 5) is 23.6. The summed E-state index contributed by atoms with van der Waals surface area (Å²) in [6.07, 6.45) is 0.232. The molecule has 0 amide bonds. The topological polar surface area (TPSA) is 95.0 Å². The summed E-state index contributed by atoms with van der Waals surface area (Å²) >= 11 is 0. The molecule has 1 aliphatic rings. The summed E-state index contributed by atoms with van der Waals surface area (Å²) in [5.41, 5.74) is 1.83. The van der Waals surface area contributed by atoms with E-state index in [1.54, 1.807) is 24.3 Å². The van der Waals surface area contributed by atoms with Crippen molar-refractivity contribution in [3.63, 3.8) is 0 Å². The van der Waals surface area contributed by atoms with Crippen LogP contribution in [0.2, 0.25) is 0 Å². The maximum atomic E-state index is 12.8. The van der Waals surface area contributed by atoms with Gasteiger partial charge in [-0.15, -0.1) is 0 Å². The average molecular weight is 347 g/mol. The van der Waals surface area contributed by atoms with Crippen molar-refractivity contribution >= 4 is 16.9 Å². The predicted molar refractivity (Wildman–Crippen MR) is 97.4 cm³/mol. The fourth-order valence-electron chi connectivity index (χ4n) is 3.30. The molecular weight excluding hydrogens is 330 g/mol. The van der Waals surface area contributed by atoms with E-state index in [2.05, 4.69) is 16.0 Å². The number of pyridine rings is 1. The molecule has 2 aromatic heterocycles. The van der Waals surface area contributed by atoms with Gasteiger partial charge < -0.3 is 10.0 Å². The molecule has 1 saturated heterocycles. The molecule has 0 unspecified atom stereocenters. The Morgan fingerprint density at radius 3 is 2.85 bits per heavy atom. The van der Waals surface area contributed by atoms with E-state index in [9.17, 15) is 9.90 Å². The molecule has 3 aromatic rings. The second-order valence-electron chi connectivity index (χ2n) is 6.43. The quantitative estimate of drug-likeness (QED) is 0.755. The molecule has 130 valence electrons. The van der Waals surface area contributed by atoms with Crippen LogP contribution in [0.25, 0.3) is 16.7 Å². The summed E-state index contributed by atoms with van der Waals surface area (Å²) in [5, 5.41) is 19.7. The normalized spacial score (nSPS) is 16.8. The van der Waals surface area contributed by atoms with Gasteiger partial charge in [0.05, 0.1) is 28.8 Å².